The number of rotatable bonds is 6. The first-order valence-electron chi connectivity index (χ1n) is 10.2. The fourth-order valence-corrected chi connectivity index (χ4v) is 3.52. The van der Waals surface area contributed by atoms with Crippen molar-refractivity contribution in [2.45, 2.75) is 19.8 Å². The molecule has 0 fully saturated rings. The zero-order valence-corrected chi connectivity index (χ0v) is 17.7. The van der Waals surface area contributed by atoms with E-state index in [4.69, 9.17) is 4.74 Å². The molecule has 1 N–H and O–H groups in total. The number of aromatic nitrogens is 2. The Balaban J connectivity index is 1.62. The number of carbonyl (C=O) groups excluding carboxylic acids is 1. The van der Waals surface area contributed by atoms with Crippen LogP contribution in [0.2, 0.25) is 0 Å². The fourth-order valence-electron chi connectivity index (χ4n) is 3.52. The summed E-state index contributed by atoms with van der Waals surface area (Å²) in [6.45, 7) is 3.50. The average Bonchev–Trinajstić information content (AvgIpc) is 2.79. The quantitative estimate of drug-likeness (QED) is 0.423. The molecular formula is C26H22FN3O2. The summed E-state index contributed by atoms with van der Waals surface area (Å²) in [4.78, 5) is 22.0. The smallest absolute Gasteiger partial charge is 0.322 e. The van der Waals surface area contributed by atoms with E-state index in [9.17, 15) is 9.18 Å². The van der Waals surface area contributed by atoms with Crippen LogP contribution in [0.4, 0.5) is 10.1 Å². The number of nitrogens with zero attached hydrogens (tertiary/aromatic N) is 2. The van der Waals surface area contributed by atoms with E-state index in [0.717, 1.165) is 11.1 Å². The van der Waals surface area contributed by atoms with Crippen molar-refractivity contribution >= 4 is 11.6 Å². The van der Waals surface area contributed by atoms with Gasteiger partial charge in [0.15, 0.2) is 11.6 Å². The van der Waals surface area contributed by atoms with Gasteiger partial charge >= 0.3 is 6.01 Å². The molecule has 0 saturated carbocycles. The number of halogens is 1. The van der Waals surface area contributed by atoms with Gasteiger partial charge in [0.2, 0.25) is 5.91 Å². The van der Waals surface area contributed by atoms with E-state index in [-0.39, 0.29) is 17.7 Å². The highest BCUT2D eigenvalue weighted by atomic mass is 19.1. The first kappa shape index (κ1) is 21.2. The van der Waals surface area contributed by atoms with Crippen LogP contribution in [-0.4, -0.2) is 15.9 Å². The van der Waals surface area contributed by atoms with Crippen LogP contribution in [0, 0.1) is 19.7 Å². The highest BCUT2D eigenvalue weighted by Crippen LogP contribution is 2.29. The number of benzene rings is 3. The van der Waals surface area contributed by atoms with E-state index in [0.29, 0.717) is 17.1 Å². The van der Waals surface area contributed by atoms with Crippen LogP contribution < -0.4 is 10.1 Å². The van der Waals surface area contributed by atoms with E-state index in [1.54, 1.807) is 26.0 Å². The first-order valence-corrected chi connectivity index (χ1v) is 10.2. The maximum Gasteiger partial charge on any atom is 0.322 e. The van der Waals surface area contributed by atoms with Gasteiger partial charge in [-0.1, -0.05) is 72.8 Å². The number of amides is 1. The lowest BCUT2D eigenvalue weighted by molar-refractivity contribution is -0.116. The molecular weight excluding hydrogens is 405 g/mol. The molecule has 0 bridgehead atoms. The van der Waals surface area contributed by atoms with Crippen molar-refractivity contribution in [1.29, 1.82) is 0 Å². The number of para-hydroxylation sites is 1. The zero-order chi connectivity index (χ0) is 22.5. The second-order valence-electron chi connectivity index (χ2n) is 7.33. The Hall–Kier alpha value is -4.06. The summed E-state index contributed by atoms with van der Waals surface area (Å²) in [7, 11) is 0. The Morgan fingerprint density at radius 1 is 0.812 bits per heavy atom. The highest BCUT2D eigenvalue weighted by molar-refractivity contribution is 5.98. The number of ether oxygens (including phenoxy) is 1. The van der Waals surface area contributed by atoms with Crippen molar-refractivity contribution in [2.75, 3.05) is 5.32 Å². The predicted molar refractivity (Wildman–Crippen MR) is 121 cm³/mol. The molecule has 32 heavy (non-hydrogen) atoms. The number of nitrogens with one attached hydrogen (secondary N) is 1. The maximum atomic E-state index is 13.9. The lowest BCUT2D eigenvalue weighted by Gasteiger charge is -2.19. The third-order valence-electron chi connectivity index (χ3n) is 5.06. The van der Waals surface area contributed by atoms with Crippen LogP contribution in [0.3, 0.4) is 0 Å². The van der Waals surface area contributed by atoms with Gasteiger partial charge in [-0.3, -0.25) is 4.79 Å². The molecule has 160 valence electrons. The molecule has 0 aliphatic heterocycles. The summed E-state index contributed by atoms with van der Waals surface area (Å²) < 4.78 is 19.4. The Morgan fingerprint density at radius 2 is 1.31 bits per heavy atom. The molecule has 0 aliphatic rings. The average molecular weight is 427 g/mol. The zero-order valence-electron chi connectivity index (χ0n) is 17.7. The van der Waals surface area contributed by atoms with Crippen LogP contribution in [0.5, 0.6) is 11.8 Å². The maximum absolute atomic E-state index is 13.9. The van der Waals surface area contributed by atoms with Gasteiger partial charge in [-0.25, -0.2) is 4.39 Å². The van der Waals surface area contributed by atoms with Crippen molar-refractivity contribution in [2.24, 2.45) is 0 Å². The summed E-state index contributed by atoms with van der Waals surface area (Å²) in [5, 5.41) is 2.98. The van der Waals surface area contributed by atoms with Crippen LogP contribution in [0.1, 0.15) is 28.4 Å². The van der Waals surface area contributed by atoms with E-state index < -0.39 is 11.7 Å². The number of aryl methyl sites for hydroxylation is 2. The fraction of sp³-hybridized carbons (Fsp3) is 0.115. The van der Waals surface area contributed by atoms with Crippen LogP contribution in [0.25, 0.3) is 0 Å². The van der Waals surface area contributed by atoms with Gasteiger partial charge in [-0.2, -0.15) is 9.97 Å². The molecule has 0 aliphatic carbocycles. The number of carbonyl (C=O) groups is 1. The molecule has 4 rings (SSSR count). The predicted octanol–water partition coefficient (Wildman–Crippen LogP) is 5.80. The molecule has 3 aromatic carbocycles. The minimum absolute atomic E-state index is 0.0192. The Labute approximate surface area is 185 Å². The minimum Gasteiger partial charge on any atom is -0.421 e. The van der Waals surface area contributed by atoms with Crippen molar-refractivity contribution < 1.29 is 13.9 Å². The van der Waals surface area contributed by atoms with E-state index in [1.165, 1.54) is 12.1 Å². The molecule has 0 radical (unpaired) electrons. The van der Waals surface area contributed by atoms with Gasteiger partial charge in [0.25, 0.3) is 0 Å². The summed E-state index contributed by atoms with van der Waals surface area (Å²) in [6, 6.07) is 25.3. The molecule has 0 spiro atoms. The molecule has 0 atom stereocenters. The number of anilines is 1. The summed E-state index contributed by atoms with van der Waals surface area (Å²) >= 11 is 0. The van der Waals surface area contributed by atoms with Crippen molar-refractivity contribution in [3.05, 3.63) is 113 Å². The molecule has 0 saturated heterocycles. The van der Waals surface area contributed by atoms with Crippen LogP contribution in [-0.2, 0) is 4.79 Å². The molecule has 6 heteroatoms. The normalized spacial score (nSPS) is 10.8. The molecule has 4 aromatic rings. The monoisotopic (exact) mass is 427 g/mol. The second kappa shape index (κ2) is 9.39. The molecule has 1 heterocycles. The summed E-state index contributed by atoms with van der Waals surface area (Å²) in [5.74, 6) is -1.15. The van der Waals surface area contributed by atoms with Gasteiger partial charge in [-0.15, -0.1) is 0 Å². The molecule has 1 amide bonds. The van der Waals surface area contributed by atoms with E-state index in [2.05, 4.69) is 15.3 Å². The minimum atomic E-state index is -0.502. The van der Waals surface area contributed by atoms with E-state index in [1.807, 2.05) is 60.7 Å². The SMILES string of the molecule is Cc1nc(Oc2ccccc2F)nc(C)c1NC(=O)C(c1ccccc1)c1ccccc1. The molecule has 5 nitrogen and oxygen atoms in total. The highest BCUT2D eigenvalue weighted by Gasteiger charge is 2.24. The van der Waals surface area contributed by atoms with E-state index >= 15 is 0 Å². The third kappa shape index (κ3) is 4.64. The molecule has 1 aromatic heterocycles. The number of hydrogen-bond acceptors (Lipinski definition) is 4. The van der Waals surface area contributed by atoms with Crippen LogP contribution >= 0.6 is 0 Å². The topological polar surface area (TPSA) is 64.1 Å². The van der Waals surface area contributed by atoms with Crippen LogP contribution in [0.15, 0.2) is 84.9 Å². The van der Waals surface area contributed by atoms with Gasteiger partial charge < -0.3 is 10.1 Å². The Bertz CT molecular complexity index is 1170. The van der Waals surface area contributed by atoms with Crippen molar-refractivity contribution in [3.8, 4) is 11.8 Å². The van der Waals surface area contributed by atoms with Gasteiger partial charge in [0, 0.05) is 0 Å². The standard InChI is InChI=1S/C26H22FN3O2/c1-17-24(18(2)29-26(28-17)32-22-16-10-9-15-21(22)27)30-25(31)23(19-11-5-3-6-12-19)20-13-7-4-8-14-20/h3-16,23H,1-2H3,(H,30,31). The second-order valence-corrected chi connectivity index (χ2v) is 7.33. The van der Waals surface area contributed by atoms with Gasteiger partial charge in [0.05, 0.1) is 23.0 Å². The largest absolute Gasteiger partial charge is 0.421 e. The van der Waals surface area contributed by atoms with Crippen molar-refractivity contribution in [3.63, 3.8) is 0 Å². The van der Waals surface area contributed by atoms with Crippen molar-refractivity contribution in [1.82, 2.24) is 9.97 Å². The summed E-state index contributed by atoms with van der Waals surface area (Å²) in [6.07, 6.45) is 0. The first-order chi connectivity index (χ1) is 15.5. The van der Waals surface area contributed by atoms with Gasteiger partial charge in [0.1, 0.15) is 0 Å². The lowest BCUT2D eigenvalue weighted by Crippen LogP contribution is -2.23. The Morgan fingerprint density at radius 3 is 1.84 bits per heavy atom. The van der Waals surface area contributed by atoms with Gasteiger partial charge in [-0.05, 0) is 37.1 Å². The lowest BCUT2D eigenvalue weighted by atomic mass is 9.90. The molecule has 0 unspecified atom stereocenters. The number of hydrogen-bond donors (Lipinski definition) is 1. The third-order valence-corrected chi connectivity index (χ3v) is 5.06. The summed E-state index contributed by atoms with van der Waals surface area (Å²) in [5.41, 5.74) is 3.32. The Kier molecular flexibility index (Phi) is 6.22.